The number of carbonyl (C=O) groups is 1. The molecular formula is C13H18ClNO3. The van der Waals surface area contributed by atoms with E-state index >= 15 is 0 Å². The number of hydrogen-bond donors (Lipinski definition) is 1. The van der Waals surface area contributed by atoms with E-state index in [0.29, 0.717) is 6.54 Å². The van der Waals surface area contributed by atoms with Crippen LogP contribution >= 0.6 is 12.4 Å². The second-order valence-electron chi connectivity index (χ2n) is 4.17. The van der Waals surface area contributed by atoms with Gasteiger partial charge in [-0.15, -0.1) is 12.4 Å². The van der Waals surface area contributed by atoms with Gasteiger partial charge >= 0.3 is 5.97 Å². The van der Waals surface area contributed by atoms with Gasteiger partial charge in [0.05, 0.1) is 20.1 Å². The molecule has 1 aliphatic rings. The predicted molar refractivity (Wildman–Crippen MR) is 71.4 cm³/mol. The van der Waals surface area contributed by atoms with E-state index in [9.17, 15) is 4.79 Å². The Kier molecular flexibility index (Phi) is 5.44. The van der Waals surface area contributed by atoms with Gasteiger partial charge in [-0.2, -0.15) is 0 Å². The molecule has 4 nitrogen and oxygen atoms in total. The van der Waals surface area contributed by atoms with Crippen LogP contribution < -0.4 is 10.1 Å². The van der Waals surface area contributed by atoms with Crippen molar-refractivity contribution in [3.05, 3.63) is 29.8 Å². The van der Waals surface area contributed by atoms with E-state index < -0.39 is 0 Å². The number of hydrogen-bond acceptors (Lipinski definition) is 4. The minimum absolute atomic E-state index is 0. The smallest absolute Gasteiger partial charge is 0.310 e. The fourth-order valence-corrected chi connectivity index (χ4v) is 2.30. The molecule has 18 heavy (non-hydrogen) atoms. The zero-order valence-corrected chi connectivity index (χ0v) is 11.3. The second-order valence-corrected chi connectivity index (χ2v) is 4.17. The molecule has 1 aromatic rings. The minimum atomic E-state index is -0.150. The van der Waals surface area contributed by atoms with Gasteiger partial charge in [-0.1, -0.05) is 12.1 Å². The zero-order chi connectivity index (χ0) is 12.3. The normalized spacial score (nSPS) is 22.1. The van der Waals surface area contributed by atoms with E-state index in [4.69, 9.17) is 9.47 Å². The first-order valence-corrected chi connectivity index (χ1v) is 5.68. The quantitative estimate of drug-likeness (QED) is 0.849. The lowest BCUT2D eigenvalue weighted by Gasteiger charge is -2.17. The van der Waals surface area contributed by atoms with Crippen molar-refractivity contribution in [2.75, 3.05) is 27.3 Å². The summed E-state index contributed by atoms with van der Waals surface area (Å²) in [6, 6.07) is 7.85. The average Bonchev–Trinajstić information content (AvgIpc) is 2.87. The second kappa shape index (κ2) is 6.61. The number of rotatable bonds is 3. The molecular weight excluding hydrogens is 254 g/mol. The van der Waals surface area contributed by atoms with Gasteiger partial charge in [-0.05, 0) is 17.7 Å². The van der Waals surface area contributed by atoms with Gasteiger partial charge in [0.1, 0.15) is 5.75 Å². The molecule has 1 fully saturated rings. The lowest BCUT2D eigenvalue weighted by Crippen LogP contribution is -2.22. The van der Waals surface area contributed by atoms with Gasteiger partial charge < -0.3 is 14.8 Å². The van der Waals surface area contributed by atoms with Crippen molar-refractivity contribution in [1.82, 2.24) is 5.32 Å². The van der Waals surface area contributed by atoms with Crippen LogP contribution in [-0.4, -0.2) is 33.3 Å². The zero-order valence-electron chi connectivity index (χ0n) is 10.5. The highest BCUT2D eigenvalue weighted by molar-refractivity contribution is 5.85. The van der Waals surface area contributed by atoms with E-state index in [2.05, 4.69) is 5.32 Å². The Hall–Kier alpha value is -1.26. The monoisotopic (exact) mass is 271 g/mol. The van der Waals surface area contributed by atoms with Crippen LogP contribution in [0.4, 0.5) is 0 Å². The molecule has 0 spiro atoms. The molecule has 0 amide bonds. The maximum absolute atomic E-state index is 11.7. The summed E-state index contributed by atoms with van der Waals surface area (Å²) in [7, 11) is 3.08. The molecule has 1 aliphatic heterocycles. The van der Waals surface area contributed by atoms with Crippen molar-refractivity contribution in [3.8, 4) is 5.75 Å². The standard InChI is InChI=1S/C13H17NO3.ClH/c1-16-10-5-3-4-9(6-10)11-7-14-8-12(11)13(15)17-2;/h3-6,11-12,14H,7-8H2,1-2H3;1H. The van der Waals surface area contributed by atoms with Crippen LogP contribution in [0.1, 0.15) is 11.5 Å². The van der Waals surface area contributed by atoms with Crippen molar-refractivity contribution in [3.63, 3.8) is 0 Å². The Morgan fingerprint density at radius 3 is 2.78 bits per heavy atom. The molecule has 1 heterocycles. The lowest BCUT2D eigenvalue weighted by atomic mass is 9.89. The number of methoxy groups -OCH3 is 2. The Labute approximate surface area is 113 Å². The van der Waals surface area contributed by atoms with E-state index in [1.165, 1.54) is 7.11 Å². The predicted octanol–water partition coefficient (Wildman–Crippen LogP) is 1.59. The summed E-state index contributed by atoms with van der Waals surface area (Å²) in [5.74, 6) is 0.727. The Balaban J connectivity index is 0.00000162. The first kappa shape index (κ1) is 14.8. The highest BCUT2D eigenvalue weighted by Gasteiger charge is 2.34. The van der Waals surface area contributed by atoms with Crippen LogP contribution in [0.15, 0.2) is 24.3 Å². The molecule has 1 saturated heterocycles. The van der Waals surface area contributed by atoms with Gasteiger partial charge in [0, 0.05) is 19.0 Å². The van der Waals surface area contributed by atoms with Gasteiger partial charge in [-0.3, -0.25) is 4.79 Å². The molecule has 100 valence electrons. The molecule has 5 heteroatoms. The summed E-state index contributed by atoms with van der Waals surface area (Å²) in [5, 5.41) is 3.23. The molecule has 1 aromatic carbocycles. The Morgan fingerprint density at radius 2 is 2.11 bits per heavy atom. The summed E-state index contributed by atoms with van der Waals surface area (Å²) in [5.41, 5.74) is 1.12. The van der Waals surface area contributed by atoms with Crippen LogP contribution in [0.5, 0.6) is 5.75 Å². The van der Waals surface area contributed by atoms with Crippen molar-refractivity contribution in [2.45, 2.75) is 5.92 Å². The fourth-order valence-electron chi connectivity index (χ4n) is 2.30. The average molecular weight is 272 g/mol. The lowest BCUT2D eigenvalue weighted by molar-refractivity contribution is -0.145. The molecule has 0 radical (unpaired) electrons. The van der Waals surface area contributed by atoms with E-state index in [-0.39, 0.29) is 30.2 Å². The third-order valence-corrected chi connectivity index (χ3v) is 3.24. The topological polar surface area (TPSA) is 47.6 Å². The van der Waals surface area contributed by atoms with Crippen LogP contribution in [0.3, 0.4) is 0 Å². The highest BCUT2D eigenvalue weighted by atomic mass is 35.5. The number of ether oxygens (including phenoxy) is 2. The molecule has 2 rings (SSSR count). The van der Waals surface area contributed by atoms with Crippen LogP contribution in [-0.2, 0) is 9.53 Å². The number of halogens is 1. The highest BCUT2D eigenvalue weighted by Crippen LogP contribution is 2.30. The third-order valence-electron chi connectivity index (χ3n) is 3.24. The minimum Gasteiger partial charge on any atom is -0.497 e. The molecule has 1 N–H and O–H groups in total. The summed E-state index contributed by atoms with van der Waals surface area (Å²) >= 11 is 0. The van der Waals surface area contributed by atoms with Gasteiger partial charge in [0.15, 0.2) is 0 Å². The Bertz CT molecular complexity index is 411. The molecule has 0 saturated carbocycles. The summed E-state index contributed by atoms with van der Waals surface area (Å²) in [6.07, 6.45) is 0. The van der Waals surface area contributed by atoms with Crippen molar-refractivity contribution in [1.29, 1.82) is 0 Å². The van der Waals surface area contributed by atoms with Crippen LogP contribution in [0, 0.1) is 5.92 Å². The van der Waals surface area contributed by atoms with Gasteiger partial charge in [0.2, 0.25) is 0 Å². The van der Waals surface area contributed by atoms with Crippen molar-refractivity contribution < 1.29 is 14.3 Å². The van der Waals surface area contributed by atoms with Crippen LogP contribution in [0.25, 0.3) is 0 Å². The molecule has 2 atom stereocenters. The summed E-state index contributed by atoms with van der Waals surface area (Å²) in [4.78, 5) is 11.7. The molecule has 0 aromatic heterocycles. The molecule has 0 bridgehead atoms. The van der Waals surface area contributed by atoms with Gasteiger partial charge in [0.25, 0.3) is 0 Å². The number of carbonyl (C=O) groups excluding carboxylic acids is 1. The van der Waals surface area contributed by atoms with Gasteiger partial charge in [-0.25, -0.2) is 0 Å². The SMILES string of the molecule is COC(=O)C1CNCC1c1cccc(OC)c1.Cl. The maximum atomic E-state index is 11.7. The Morgan fingerprint density at radius 1 is 1.33 bits per heavy atom. The number of benzene rings is 1. The van der Waals surface area contributed by atoms with E-state index in [1.807, 2.05) is 24.3 Å². The summed E-state index contributed by atoms with van der Waals surface area (Å²) < 4.78 is 10.0. The van der Waals surface area contributed by atoms with Crippen molar-refractivity contribution in [2.24, 2.45) is 5.92 Å². The number of nitrogens with one attached hydrogen (secondary N) is 1. The number of esters is 1. The maximum Gasteiger partial charge on any atom is 0.310 e. The third kappa shape index (κ3) is 2.94. The van der Waals surface area contributed by atoms with Crippen LogP contribution in [0.2, 0.25) is 0 Å². The largest absolute Gasteiger partial charge is 0.497 e. The van der Waals surface area contributed by atoms with E-state index in [1.54, 1.807) is 7.11 Å². The fraction of sp³-hybridized carbons (Fsp3) is 0.462. The van der Waals surface area contributed by atoms with E-state index in [0.717, 1.165) is 17.9 Å². The molecule has 2 unspecified atom stereocenters. The van der Waals surface area contributed by atoms with Crippen molar-refractivity contribution >= 4 is 18.4 Å². The first-order chi connectivity index (χ1) is 8.26. The summed E-state index contributed by atoms with van der Waals surface area (Å²) in [6.45, 7) is 1.47. The first-order valence-electron chi connectivity index (χ1n) is 5.68. The molecule has 0 aliphatic carbocycles.